The Hall–Kier alpha value is -1.71. The molecule has 2 N–H and O–H groups in total. The summed E-state index contributed by atoms with van der Waals surface area (Å²) >= 11 is 12.0. The average molecular weight is 308 g/mol. The molecule has 3 nitrogen and oxygen atoms in total. The Balaban J connectivity index is 2.09. The van der Waals surface area contributed by atoms with Gasteiger partial charge in [-0.3, -0.25) is 4.79 Å². The highest BCUT2D eigenvalue weighted by molar-refractivity contribution is 6.34. The fourth-order valence-electron chi connectivity index (χ4n) is 2.26. The van der Waals surface area contributed by atoms with E-state index in [9.17, 15) is 4.79 Å². The molecule has 1 heterocycles. The number of nitrogens with two attached hydrogens (primary N) is 1. The number of ketones is 1. The number of hydrogen-bond acceptors (Lipinski definition) is 3. The van der Waals surface area contributed by atoms with Gasteiger partial charge in [0, 0.05) is 17.0 Å². The number of nitrogen functional groups attached to an aromatic ring is 1. The van der Waals surface area contributed by atoms with E-state index in [1.54, 1.807) is 24.3 Å². The van der Waals surface area contributed by atoms with Crippen molar-refractivity contribution in [1.29, 1.82) is 0 Å². The molecule has 20 heavy (non-hydrogen) atoms. The minimum Gasteiger partial charge on any atom is -0.492 e. The summed E-state index contributed by atoms with van der Waals surface area (Å²) in [5.74, 6) is 0.444. The van der Waals surface area contributed by atoms with Crippen LogP contribution >= 0.6 is 23.2 Å². The van der Waals surface area contributed by atoms with Gasteiger partial charge in [-0.05, 0) is 35.9 Å². The monoisotopic (exact) mass is 307 g/mol. The fourth-order valence-corrected chi connectivity index (χ4v) is 2.68. The lowest BCUT2D eigenvalue weighted by Gasteiger charge is -2.09. The van der Waals surface area contributed by atoms with E-state index in [-0.39, 0.29) is 5.78 Å². The summed E-state index contributed by atoms with van der Waals surface area (Å²) in [6.07, 6.45) is 0.763. The van der Waals surface area contributed by atoms with Gasteiger partial charge in [-0.2, -0.15) is 0 Å². The smallest absolute Gasteiger partial charge is 0.196 e. The minimum absolute atomic E-state index is 0.174. The first-order valence-corrected chi connectivity index (χ1v) is 6.87. The molecule has 0 aromatic heterocycles. The molecule has 1 aliphatic heterocycles. The molecule has 3 rings (SSSR count). The first-order chi connectivity index (χ1) is 9.56. The van der Waals surface area contributed by atoms with Gasteiger partial charge in [-0.15, -0.1) is 0 Å². The SMILES string of the molecule is Nc1ccc(C(=O)c2cc(Cl)cc3c2OCC3)cc1Cl. The normalized spacial score (nSPS) is 12.9. The predicted molar refractivity (Wildman–Crippen MR) is 79.9 cm³/mol. The van der Waals surface area contributed by atoms with Crippen molar-refractivity contribution < 1.29 is 9.53 Å². The molecule has 0 radical (unpaired) electrons. The van der Waals surface area contributed by atoms with Gasteiger partial charge in [-0.1, -0.05) is 23.2 Å². The number of fused-ring (bicyclic) bond motifs is 1. The first-order valence-electron chi connectivity index (χ1n) is 6.11. The number of anilines is 1. The van der Waals surface area contributed by atoms with Crippen molar-refractivity contribution in [2.24, 2.45) is 0 Å². The van der Waals surface area contributed by atoms with Crippen molar-refractivity contribution in [3.63, 3.8) is 0 Å². The quantitative estimate of drug-likeness (QED) is 0.679. The lowest BCUT2D eigenvalue weighted by atomic mass is 9.99. The van der Waals surface area contributed by atoms with Gasteiger partial charge in [-0.25, -0.2) is 0 Å². The summed E-state index contributed by atoms with van der Waals surface area (Å²) in [5, 5.41) is 0.884. The predicted octanol–water partition coefficient (Wildman–Crippen LogP) is 3.74. The van der Waals surface area contributed by atoms with E-state index in [2.05, 4.69) is 0 Å². The summed E-state index contributed by atoms with van der Waals surface area (Å²) in [6, 6.07) is 8.27. The molecule has 0 saturated heterocycles. The van der Waals surface area contributed by atoms with E-state index < -0.39 is 0 Å². The van der Waals surface area contributed by atoms with Crippen molar-refractivity contribution in [2.75, 3.05) is 12.3 Å². The third-order valence-corrected chi connectivity index (χ3v) is 3.80. The summed E-state index contributed by atoms with van der Waals surface area (Å²) in [4.78, 5) is 12.6. The molecule has 2 aromatic rings. The van der Waals surface area contributed by atoms with Crippen LogP contribution in [0.4, 0.5) is 5.69 Å². The van der Waals surface area contributed by atoms with E-state index in [4.69, 9.17) is 33.7 Å². The third kappa shape index (κ3) is 2.23. The Kier molecular flexibility index (Phi) is 3.32. The van der Waals surface area contributed by atoms with Crippen LogP contribution in [0.25, 0.3) is 0 Å². The zero-order chi connectivity index (χ0) is 14.3. The summed E-state index contributed by atoms with van der Waals surface area (Å²) in [6.45, 7) is 0.568. The summed E-state index contributed by atoms with van der Waals surface area (Å²) in [7, 11) is 0. The number of benzene rings is 2. The van der Waals surface area contributed by atoms with Gasteiger partial charge in [0.2, 0.25) is 0 Å². The molecule has 0 aliphatic carbocycles. The maximum absolute atomic E-state index is 12.6. The number of hydrogen-bond donors (Lipinski definition) is 1. The molecule has 0 bridgehead atoms. The Bertz CT molecular complexity index is 713. The highest BCUT2D eigenvalue weighted by Gasteiger charge is 2.23. The number of rotatable bonds is 2. The molecule has 5 heteroatoms. The Morgan fingerprint density at radius 2 is 2.00 bits per heavy atom. The minimum atomic E-state index is -0.174. The van der Waals surface area contributed by atoms with Crippen LogP contribution in [0, 0.1) is 0 Å². The van der Waals surface area contributed by atoms with E-state index in [1.165, 1.54) is 0 Å². The third-order valence-electron chi connectivity index (χ3n) is 3.26. The molecule has 0 unspecified atom stereocenters. The lowest BCUT2D eigenvalue weighted by Crippen LogP contribution is -2.04. The van der Waals surface area contributed by atoms with Gasteiger partial charge in [0.15, 0.2) is 5.78 Å². The second kappa shape index (κ2) is 5.00. The summed E-state index contributed by atoms with van der Waals surface area (Å²) < 4.78 is 5.54. The molecular formula is C15H11Cl2NO2. The fraction of sp³-hybridized carbons (Fsp3) is 0.133. The number of carbonyl (C=O) groups excluding carboxylic acids is 1. The Morgan fingerprint density at radius 3 is 2.75 bits per heavy atom. The van der Waals surface area contributed by atoms with Crippen LogP contribution in [0.5, 0.6) is 5.75 Å². The molecule has 0 fully saturated rings. The number of ether oxygens (including phenoxy) is 1. The van der Waals surface area contributed by atoms with Gasteiger partial charge in [0.05, 0.1) is 22.9 Å². The van der Waals surface area contributed by atoms with Crippen molar-refractivity contribution in [1.82, 2.24) is 0 Å². The topological polar surface area (TPSA) is 52.3 Å². The Morgan fingerprint density at radius 1 is 1.20 bits per heavy atom. The standard InChI is InChI=1S/C15H11Cl2NO2/c16-10-5-9-3-4-20-15(9)11(7-10)14(19)8-1-2-13(18)12(17)6-8/h1-2,5-7H,3-4,18H2. The van der Waals surface area contributed by atoms with Crippen molar-refractivity contribution in [3.8, 4) is 5.75 Å². The highest BCUT2D eigenvalue weighted by Crippen LogP contribution is 2.34. The van der Waals surface area contributed by atoms with E-state index in [0.717, 1.165) is 12.0 Å². The molecule has 2 aromatic carbocycles. The largest absolute Gasteiger partial charge is 0.492 e. The van der Waals surface area contributed by atoms with Crippen LogP contribution in [0.3, 0.4) is 0 Å². The van der Waals surface area contributed by atoms with Crippen LogP contribution in [-0.4, -0.2) is 12.4 Å². The second-order valence-corrected chi connectivity index (χ2v) is 5.45. The summed E-state index contributed by atoms with van der Waals surface area (Å²) in [5.41, 5.74) is 7.98. The lowest BCUT2D eigenvalue weighted by molar-refractivity contribution is 0.103. The van der Waals surface area contributed by atoms with Gasteiger partial charge < -0.3 is 10.5 Å². The van der Waals surface area contributed by atoms with E-state index >= 15 is 0 Å². The molecule has 102 valence electrons. The van der Waals surface area contributed by atoms with Crippen LogP contribution in [0.15, 0.2) is 30.3 Å². The van der Waals surface area contributed by atoms with Crippen LogP contribution in [0.1, 0.15) is 21.5 Å². The van der Waals surface area contributed by atoms with E-state index in [1.807, 2.05) is 6.07 Å². The first kappa shape index (κ1) is 13.3. The molecule has 0 atom stereocenters. The number of halogens is 2. The van der Waals surface area contributed by atoms with Crippen LogP contribution in [0.2, 0.25) is 10.0 Å². The highest BCUT2D eigenvalue weighted by atomic mass is 35.5. The molecule has 0 saturated carbocycles. The molecule has 1 aliphatic rings. The van der Waals surface area contributed by atoms with Gasteiger partial charge in [0.25, 0.3) is 0 Å². The average Bonchev–Trinajstić information content (AvgIpc) is 2.88. The maximum atomic E-state index is 12.6. The van der Waals surface area contributed by atoms with Crippen molar-refractivity contribution in [3.05, 3.63) is 57.1 Å². The molecule has 0 amide bonds. The van der Waals surface area contributed by atoms with Crippen molar-refractivity contribution >= 4 is 34.7 Å². The number of carbonyl (C=O) groups is 1. The zero-order valence-corrected chi connectivity index (χ0v) is 12.0. The molecular weight excluding hydrogens is 297 g/mol. The Labute approximate surface area is 126 Å². The van der Waals surface area contributed by atoms with E-state index in [0.29, 0.717) is 39.2 Å². The van der Waals surface area contributed by atoms with Gasteiger partial charge in [0.1, 0.15) is 5.75 Å². The van der Waals surface area contributed by atoms with Crippen LogP contribution in [-0.2, 0) is 6.42 Å². The zero-order valence-electron chi connectivity index (χ0n) is 10.5. The second-order valence-electron chi connectivity index (χ2n) is 4.61. The maximum Gasteiger partial charge on any atom is 0.196 e. The molecule has 0 spiro atoms. The van der Waals surface area contributed by atoms with Crippen LogP contribution < -0.4 is 10.5 Å². The van der Waals surface area contributed by atoms with Gasteiger partial charge >= 0.3 is 0 Å². The van der Waals surface area contributed by atoms with Crippen molar-refractivity contribution in [2.45, 2.75) is 6.42 Å².